The minimum absolute atomic E-state index is 0.186. The van der Waals surface area contributed by atoms with Gasteiger partial charge >= 0.3 is 0 Å². The van der Waals surface area contributed by atoms with Crippen LogP contribution in [0.1, 0.15) is 37.1 Å². The summed E-state index contributed by atoms with van der Waals surface area (Å²) in [4.78, 5) is 23.0. The third-order valence-electron chi connectivity index (χ3n) is 8.07. The second-order valence-corrected chi connectivity index (χ2v) is 14.1. The summed E-state index contributed by atoms with van der Waals surface area (Å²) in [6, 6.07) is 2.87. The summed E-state index contributed by atoms with van der Waals surface area (Å²) in [6.45, 7) is 12.5. The Bertz CT molecular complexity index is 1480. The van der Waals surface area contributed by atoms with Gasteiger partial charge in [-0.2, -0.15) is 0 Å². The van der Waals surface area contributed by atoms with E-state index in [9.17, 15) is 8.42 Å². The summed E-state index contributed by atoms with van der Waals surface area (Å²) < 4.78 is 38.5. The van der Waals surface area contributed by atoms with Gasteiger partial charge in [-0.05, 0) is 52.3 Å². The number of anilines is 2. The van der Waals surface area contributed by atoms with Gasteiger partial charge in [0.1, 0.15) is 5.69 Å². The molecular weight excluding hydrogens is 562 g/mol. The first-order valence-corrected chi connectivity index (χ1v) is 16.8. The van der Waals surface area contributed by atoms with Gasteiger partial charge in [0.2, 0.25) is 15.9 Å². The van der Waals surface area contributed by atoms with Crippen molar-refractivity contribution in [3.05, 3.63) is 22.7 Å². The van der Waals surface area contributed by atoms with Crippen LogP contribution in [0, 0.1) is 6.92 Å². The summed E-state index contributed by atoms with van der Waals surface area (Å²) in [5, 5.41) is 0. The average molecular weight is 604 g/mol. The van der Waals surface area contributed by atoms with Crippen molar-refractivity contribution >= 4 is 43.1 Å². The zero-order chi connectivity index (χ0) is 29.3. The number of piperidine rings is 1. The van der Waals surface area contributed by atoms with E-state index in [1.165, 1.54) is 30.4 Å². The number of pyridine rings is 1. The molecule has 0 bridgehead atoms. The van der Waals surface area contributed by atoms with E-state index < -0.39 is 10.0 Å². The Hall–Kier alpha value is -2.58. The quantitative estimate of drug-likeness (QED) is 0.389. The smallest absolute Gasteiger partial charge is 0.238 e. The fourth-order valence-corrected chi connectivity index (χ4v) is 7.36. The number of nitrogens with one attached hydrogen (secondary N) is 1. The van der Waals surface area contributed by atoms with Crippen molar-refractivity contribution in [1.29, 1.82) is 0 Å². The maximum Gasteiger partial charge on any atom is 0.238 e. The Morgan fingerprint density at radius 3 is 2.54 bits per heavy atom. The SMILES string of the molecule is COc1ncc(-c2nc(N3CCOCC3)c3sc(CN4CCC(N(C)C(C)C)CC4)c(C)c3n2)cc1NS(C)(=O)=O. The molecule has 5 heterocycles. The molecule has 2 fully saturated rings. The monoisotopic (exact) mass is 603 g/mol. The molecule has 13 heteroatoms. The number of likely N-dealkylation sites (tertiary alicyclic amines) is 1. The van der Waals surface area contributed by atoms with Crippen molar-refractivity contribution < 1.29 is 17.9 Å². The highest BCUT2D eigenvalue weighted by Gasteiger charge is 2.27. The lowest BCUT2D eigenvalue weighted by Crippen LogP contribution is -2.45. The topological polar surface area (TPSA) is 113 Å². The van der Waals surface area contributed by atoms with Gasteiger partial charge in [0, 0.05) is 61.4 Å². The summed E-state index contributed by atoms with van der Waals surface area (Å²) in [6.07, 6.45) is 5.07. The lowest BCUT2D eigenvalue weighted by atomic mass is 10.0. The number of aromatic nitrogens is 3. The van der Waals surface area contributed by atoms with Crippen LogP contribution in [0.3, 0.4) is 0 Å². The molecule has 1 N–H and O–H groups in total. The van der Waals surface area contributed by atoms with E-state index in [1.54, 1.807) is 23.6 Å². The lowest BCUT2D eigenvalue weighted by Gasteiger charge is -2.38. The molecule has 0 saturated carbocycles. The molecule has 2 aliphatic rings. The standard InChI is InChI=1S/C28H41N7O4S2/c1-18(2)33(4)21-7-9-34(10-8-21)17-23-19(3)24-25(40-23)27(35-11-13-39-14-12-35)31-26(30-24)20-15-22(32-41(6,36)37)28(38-5)29-16-20/h15-16,18,21,32H,7-14,17H2,1-6H3. The molecule has 2 aliphatic heterocycles. The van der Waals surface area contributed by atoms with E-state index >= 15 is 0 Å². The summed E-state index contributed by atoms with van der Waals surface area (Å²) in [5.74, 6) is 1.57. The maximum absolute atomic E-state index is 12.0. The van der Waals surface area contributed by atoms with Crippen molar-refractivity contribution in [1.82, 2.24) is 24.8 Å². The summed E-state index contributed by atoms with van der Waals surface area (Å²) >= 11 is 1.78. The van der Waals surface area contributed by atoms with Crippen molar-refractivity contribution in [2.45, 2.75) is 52.2 Å². The first kappa shape index (κ1) is 29.9. The maximum atomic E-state index is 12.0. The van der Waals surface area contributed by atoms with Crippen LogP contribution in [0.4, 0.5) is 11.5 Å². The van der Waals surface area contributed by atoms with Gasteiger partial charge < -0.3 is 19.3 Å². The highest BCUT2D eigenvalue weighted by Crippen LogP contribution is 2.39. The fourth-order valence-electron chi connectivity index (χ4n) is 5.51. The molecule has 0 spiro atoms. The van der Waals surface area contributed by atoms with Gasteiger partial charge in [0.25, 0.3) is 0 Å². The number of hydrogen-bond acceptors (Lipinski definition) is 11. The predicted octanol–water partition coefficient (Wildman–Crippen LogP) is 3.58. The van der Waals surface area contributed by atoms with E-state index in [-0.39, 0.29) is 11.6 Å². The number of fused-ring (bicyclic) bond motifs is 1. The number of morpholine rings is 1. The van der Waals surface area contributed by atoms with Crippen LogP contribution in [-0.2, 0) is 21.3 Å². The van der Waals surface area contributed by atoms with Crippen LogP contribution in [0.5, 0.6) is 5.88 Å². The van der Waals surface area contributed by atoms with Crippen molar-refractivity contribution in [3.8, 4) is 17.3 Å². The van der Waals surface area contributed by atoms with Gasteiger partial charge in [0.15, 0.2) is 11.6 Å². The second-order valence-electron chi connectivity index (χ2n) is 11.2. The van der Waals surface area contributed by atoms with Gasteiger partial charge in [0.05, 0.1) is 36.8 Å². The van der Waals surface area contributed by atoms with Crippen molar-refractivity contribution in [2.24, 2.45) is 0 Å². The zero-order valence-electron chi connectivity index (χ0n) is 24.8. The number of methoxy groups -OCH3 is 1. The number of ether oxygens (including phenoxy) is 2. The molecule has 0 radical (unpaired) electrons. The number of rotatable bonds is 9. The first-order chi connectivity index (χ1) is 19.5. The normalized spacial score (nSPS) is 17.6. The fraction of sp³-hybridized carbons (Fsp3) is 0.607. The van der Waals surface area contributed by atoms with Gasteiger partial charge in [-0.1, -0.05) is 0 Å². The molecule has 3 aromatic rings. The van der Waals surface area contributed by atoms with E-state index in [2.05, 4.69) is 52.2 Å². The Labute approximate surface area is 246 Å². The molecule has 2 saturated heterocycles. The minimum atomic E-state index is -3.54. The van der Waals surface area contributed by atoms with Crippen LogP contribution in [-0.4, -0.2) is 105 Å². The van der Waals surface area contributed by atoms with Crippen molar-refractivity contribution in [3.63, 3.8) is 0 Å². The van der Waals surface area contributed by atoms with Crippen molar-refractivity contribution in [2.75, 3.05) is 69.4 Å². The third kappa shape index (κ3) is 6.75. The number of sulfonamides is 1. The van der Waals surface area contributed by atoms with E-state index in [1.807, 2.05) is 0 Å². The van der Waals surface area contributed by atoms with E-state index in [0.29, 0.717) is 36.7 Å². The number of hydrogen-bond donors (Lipinski definition) is 1. The van der Waals surface area contributed by atoms with Gasteiger partial charge in [-0.25, -0.2) is 23.4 Å². The molecule has 0 aliphatic carbocycles. The highest BCUT2D eigenvalue weighted by molar-refractivity contribution is 7.92. The largest absolute Gasteiger partial charge is 0.480 e. The molecule has 0 atom stereocenters. The summed E-state index contributed by atoms with van der Waals surface area (Å²) in [7, 11) is 0.156. The van der Waals surface area contributed by atoms with Crippen LogP contribution < -0.4 is 14.4 Å². The molecule has 3 aromatic heterocycles. The van der Waals surface area contributed by atoms with E-state index in [4.69, 9.17) is 19.4 Å². The van der Waals surface area contributed by atoms with Crippen LogP contribution in [0.2, 0.25) is 0 Å². The third-order valence-corrected chi connectivity index (χ3v) is 9.92. The lowest BCUT2D eigenvalue weighted by molar-refractivity contribution is 0.104. The Morgan fingerprint density at radius 2 is 1.90 bits per heavy atom. The van der Waals surface area contributed by atoms with Crippen LogP contribution >= 0.6 is 11.3 Å². The van der Waals surface area contributed by atoms with Gasteiger partial charge in [-0.3, -0.25) is 9.62 Å². The minimum Gasteiger partial charge on any atom is -0.480 e. The number of aryl methyl sites for hydroxylation is 1. The number of thiophene rings is 1. The summed E-state index contributed by atoms with van der Waals surface area (Å²) in [5.41, 5.74) is 2.95. The highest BCUT2D eigenvalue weighted by atomic mass is 32.2. The average Bonchev–Trinajstić information content (AvgIpc) is 3.26. The second kappa shape index (κ2) is 12.3. The van der Waals surface area contributed by atoms with Crippen LogP contribution in [0.25, 0.3) is 21.6 Å². The van der Waals surface area contributed by atoms with Gasteiger partial charge in [-0.15, -0.1) is 11.3 Å². The Balaban J connectivity index is 1.50. The van der Waals surface area contributed by atoms with E-state index in [0.717, 1.165) is 55.0 Å². The molecule has 224 valence electrons. The van der Waals surface area contributed by atoms with Crippen LogP contribution in [0.15, 0.2) is 12.3 Å². The molecule has 5 rings (SSSR count). The Kier molecular flexibility index (Phi) is 9.00. The molecule has 0 unspecified atom stereocenters. The molecule has 0 aromatic carbocycles. The molecule has 41 heavy (non-hydrogen) atoms. The molecule has 11 nitrogen and oxygen atoms in total. The number of nitrogens with zero attached hydrogens (tertiary/aromatic N) is 6. The zero-order valence-corrected chi connectivity index (χ0v) is 26.4. The Morgan fingerprint density at radius 1 is 1.20 bits per heavy atom. The first-order valence-electron chi connectivity index (χ1n) is 14.1. The molecule has 0 amide bonds. The predicted molar refractivity (Wildman–Crippen MR) is 165 cm³/mol. The molecular formula is C28H41N7O4S2.